The molecule has 3 amide bonds. The summed E-state index contributed by atoms with van der Waals surface area (Å²) in [6.45, 7) is -0.496. The molecule has 0 rings (SSSR count). The van der Waals surface area contributed by atoms with Crippen LogP contribution in [0.15, 0.2) is 0 Å². The highest BCUT2D eigenvalue weighted by Gasteiger charge is 2.49. The highest BCUT2D eigenvalue weighted by atomic mass is 31.2. The van der Waals surface area contributed by atoms with E-state index in [1.807, 2.05) is 0 Å². The zero-order valence-corrected chi connectivity index (χ0v) is 19.1. The topological polar surface area (TPSA) is 246 Å². The van der Waals surface area contributed by atoms with Gasteiger partial charge in [-0.3, -0.25) is 33.1 Å². The summed E-state index contributed by atoms with van der Waals surface area (Å²) in [4.78, 5) is 94.9. The molecule has 0 fully saturated rings. The third-order valence-electron chi connectivity index (χ3n) is 3.55. The predicted octanol–water partition coefficient (Wildman–Crippen LogP) is -2.94. The van der Waals surface area contributed by atoms with Crippen LogP contribution >= 0.6 is 15.2 Å². The molecule has 0 aromatic carbocycles. The van der Waals surface area contributed by atoms with Gasteiger partial charge in [-0.25, -0.2) is 0 Å². The van der Waals surface area contributed by atoms with E-state index in [2.05, 4.69) is 20.1 Å². The van der Waals surface area contributed by atoms with Gasteiger partial charge in [0.2, 0.25) is 11.4 Å². The van der Waals surface area contributed by atoms with Crippen LogP contribution in [0.4, 0.5) is 0 Å². The highest BCUT2D eigenvalue weighted by Crippen LogP contribution is 2.60. The normalized spacial score (nSPS) is 11.7. The first-order valence-electron chi connectivity index (χ1n) is 8.64. The van der Waals surface area contributed by atoms with Crippen LogP contribution in [0.25, 0.3) is 0 Å². The number of nitrogens with zero attached hydrogens (tertiary/aromatic N) is 1. The minimum Gasteiger partial charge on any atom is -0.456 e. The summed E-state index contributed by atoms with van der Waals surface area (Å²) in [5.41, 5.74) is -2.81. The van der Waals surface area contributed by atoms with Gasteiger partial charge in [0, 0.05) is 34.0 Å². The number of ether oxygens (including phenoxy) is 2. The fourth-order valence-electron chi connectivity index (χ4n) is 2.21. The molecule has 6 N–H and O–H groups in total. The van der Waals surface area contributed by atoms with Crippen molar-refractivity contribution in [3.63, 3.8) is 0 Å². The van der Waals surface area contributed by atoms with Crippen molar-refractivity contribution in [2.45, 2.75) is 19.4 Å². The molecule has 0 aromatic rings. The van der Waals surface area contributed by atoms with Crippen LogP contribution in [0.2, 0.25) is 0 Å². The van der Waals surface area contributed by atoms with Crippen molar-refractivity contribution in [2.75, 3.05) is 33.4 Å². The quantitative estimate of drug-likeness (QED) is 0.115. The summed E-state index contributed by atoms with van der Waals surface area (Å²) in [5.74, 6) is -5.99. The van der Waals surface area contributed by atoms with Crippen molar-refractivity contribution in [1.29, 1.82) is 0 Å². The van der Waals surface area contributed by atoms with Crippen molar-refractivity contribution in [3.8, 4) is 0 Å². The fourth-order valence-corrected chi connectivity index (χ4v) is 4.90. The number of esters is 2. The van der Waals surface area contributed by atoms with Crippen LogP contribution in [-0.4, -0.2) is 93.0 Å². The van der Waals surface area contributed by atoms with E-state index in [4.69, 9.17) is 0 Å². The summed E-state index contributed by atoms with van der Waals surface area (Å²) in [6, 6.07) is 0. The van der Waals surface area contributed by atoms with Crippen LogP contribution in [0.1, 0.15) is 13.8 Å². The Morgan fingerprint density at radius 1 is 0.812 bits per heavy atom. The molecule has 0 aliphatic rings. The summed E-state index contributed by atoms with van der Waals surface area (Å²) in [6.07, 6.45) is 0. The van der Waals surface area contributed by atoms with E-state index in [1.165, 1.54) is 0 Å². The predicted molar refractivity (Wildman–Crippen MR) is 103 cm³/mol. The van der Waals surface area contributed by atoms with Crippen molar-refractivity contribution in [3.05, 3.63) is 0 Å². The standard InChI is InChI=1S/C14H25N3O13P2/c1-8(18)29-6-11(20)15-4-10(5-16-12(21)7-30-9(2)19)13(22)17(3)14(31(23,24)25)32(26,27)28/h10,14H,4-7H2,1-3H3,(H,15,20)(H,16,21)(H2,23,24,25)(H2,26,27,28). The maximum Gasteiger partial charge on any atom is 0.360 e. The zero-order chi connectivity index (χ0) is 25.3. The molecule has 0 saturated heterocycles. The maximum absolute atomic E-state index is 12.7. The summed E-state index contributed by atoms with van der Waals surface area (Å²) < 4.78 is 32.0. The number of nitrogens with one attached hydrogen (secondary N) is 2. The molecule has 0 heterocycles. The van der Waals surface area contributed by atoms with Crippen LogP contribution < -0.4 is 10.6 Å². The van der Waals surface area contributed by atoms with E-state index in [-0.39, 0.29) is 4.90 Å². The van der Waals surface area contributed by atoms with Crippen LogP contribution in [0, 0.1) is 5.92 Å². The largest absolute Gasteiger partial charge is 0.456 e. The number of rotatable bonds is 12. The summed E-state index contributed by atoms with van der Waals surface area (Å²) in [7, 11) is -10.3. The molecule has 16 nitrogen and oxygen atoms in total. The highest BCUT2D eigenvalue weighted by molar-refractivity contribution is 7.70. The van der Waals surface area contributed by atoms with E-state index in [1.54, 1.807) is 0 Å². The van der Waals surface area contributed by atoms with Gasteiger partial charge >= 0.3 is 27.1 Å². The molecule has 0 spiro atoms. The SMILES string of the molecule is CC(=O)OCC(=O)NCC(CNC(=O)COC(C)=O)C(=O)N(C)C(P(=O)(O)O)P(=O)(O)O. The average molecular weight is 505 g/mol. The van der Waals surface area contributed by atoms with Gasteiger partial charge in [0.15, 0.2) is 13.2 Å². The molecule has 32 heavy (non-hydrogen) atoms. The zero-order valence-electron chi connectivity index (χ0n) is 17.3. The second-order valence-electron chi connectivity index (χ2n) is 6.34. The Bertz CT molecular complexity index is 765. The van der Waals surface area contributed by atoms with Gasteiger partial charge in [-0.1, -0.05) is 0 Å². The number of carbonyl (C=O) groups excluding carboxylic acids is 5. The first-order valence-corrected chi connectivity index (χ1v) is 12.0. The molecule has 0 unspecified atom stereocenters. The molecule has 0 radical (unpaired) electrons. The van der Waals surface area contributed by atoms with E-state index >= 15 is 0 Å². The number of amides is 3. The first kappa shape index (κ1) is 29.7. The van der Waals surface area contributed by atoms with Crippen molar-refractivity contribution in [2.24, 2.45) is 5.92 Å². The molecule has 0 atom stereocenters. The second-order valence-corrected chi connectivity index (χ2v) is 10.1. The molecule has 0 saturated carbocycles. The molecule has 184 valence electrons. The lowest BCUT2D eigenvalue weighted by molar-refractivity contribution is -0.147. The van der Waals surface area contributed by atoms with Gasteiger partial charge in [0.25, 0.3) is 11.8 Å². The van der Waals surface area contributed by atoms with Crippen molar-refractivity contribution < 1.29 is 62.2 Å². The molecule has 0 aliphatic carbocycles. The minimum absolute atomic E-state index is 0.128. The average Bonchev–Trinajstić information content (AvgIpc) is 2.61. The first-order chi connectivity index (χ1) is 14.5. The van der Waals surface area contributed by atoms with Crippen LogP contribution in [0.5, 0.6) is 0 Å². The smallest absolute Gasteiger partial charge is 0.360 e. The van der Waals surface area contributed by atoms with Gasteiger partial charge in [-0.05, 0) is 0 Å². The third-order valence-corrected chi connectivity index (χ3v) is 7.25. The van der Waals surface area contributed by atoms with Gasteiger partial charge in [-0.15, -0.1) is 0 Å². The lowest BCUT2D eigenvalue weighted by Crippen LogP contribution is -2.48. The van der Waals surface area contributed by atoms with E-state index in [0.717, 1.165) is 20.9 Å². The summed E-state index contributed by atoms with van der Waals surface area (Å²) in [5, 5.41) is 4.35. The van der Waals surface area contributed by atoms with Crippen molar-refractivity contribution >= 4 is 44.9 Å². The van der Waals surface area contributed by atoms with Gasteiger partial charge < -0.3 is 44.6 Å². The minimum atomic E-state index is -5.51. The van der Waals surface area contributed by atoms with Gasteiger partial charge in [-0.2, -0.15) is 0 Å². The molecule has 0 bridgehead atoms. The number of hydrogen-bond donors (Lipinski definition) is 6. The Morgan fingerprint density at radius 2 is 1.16 bits per heavy atom. The lowest BCUT2D eigenvalue weighted by atomic mass is 10.1. The van der Waals surface area contributed by atoms with E-state index in [9.17, 15) is 52.7 Å². The van der Waals surface area contributed by atoms with E-state index in [0.29, 0.717) is 0 Å². The molecular weight excluding hydrogens is 480 g/mol. The monoisotopic (exact) mass is 505 g/mol. The fraction of sp³-hybridized carbons (Fsp3) is 0.643. The van der Waals surface area contributed by atoms with Crippen LogP contribution in [-0.2, 0) is 42.6 Å². The Hall–Kier alpha value is -2.35. The Labute approximate surface area is 181 Å². The number of hydrogen-bond acceptors (Lipinski definition) is 9. The van der Waals surface area contributed by atoms with Crippen LogP contribution in [0.3, 0.4) is 0 Å². The Morgan fingerprint density at radius 3 is 1.44 bits per heavy atom. The van der Waals surface area contributed by atoms with Gasteiger partial charge in [0.05, 0.1) is 5.92 Å². The third kappa shape index (κ3) is 11.3. The molecule has 0 aliphatic heterocycles. The van der Waals surface area contributed by atoms with Gasteiger partial charge in [0.1, 0.15) is 0 Å². The number of carbonyl (C=O) groups is 5. The maximum atomic E-state index is 12.7. The Kier molecular flexibility index (Phi) is 11.7. The van der Waals surface area contributed by atoms with Crippen molar-refractivity contribution in [1.82, 2.24) is 15.5 Å². The Balaban J connectivity index is 5.50. The molecule has 0 aromatic heterocycles. The molecular formula is C14H25N3O13P2. The lowest BCUT2D eigenvalue weighted by Gasteiger charge is -2.31. The van der Waals surface area contributed by atoms with E-state index < -0.39 is 82.6 Å². The summed E-state index contributed by atoms with van der Waals surface area (Å²) >= 11 is 0. The second kappa shape index (κ2) is 12.6. The molecule has 18 heteroatoms.